The lowest BCUT2D eigenvalue weighted by Gasteiger charge is -2.23. The Labute approximate surface area is 144 Å². The Hall–Kier alpha value is -2.49. The average molecular weight is 327 g/mol. The second-order valence-corrected chi connectivity index (χ2v) is 6.04. The maximum Gasteiger partial charge on any atom is 0.263 e. The van der Waals surface area contributed by atoms with E-state index in [-0.39, 0.29) is 5.91 Å². The quantitative estimate of drug-likeness (QED) is 0.811. The van der Waals surface area contributed by atoms with E-state index in [0.717, 1.165) is 28.2 Å². The summed E-state index contributed by atoms with van der Waals surface area (Å²) in [6.45, 7) is 6.24. The number of benzene rings is 2. The van der Waals surface area contributed by atoms with Crippen molar-refractivity contribution in [3.05, 3.63) is 59.2 Å². The van der Waals surface area contributed by atoms with E-state index in [2.05, 4.69) is 0 Å². The van der Waals surface area contributed by atoms with Gasteiger partial charge in [-0.1, -0.05) is 30.3 Å². The summed E-state index contributed by atoms with van der Waals surface area (Å²) in [5.41, 5.74) is 3.10. The van der Waals surface area contributed by atoms with Gasteiger partial charge in [0.05, 0.1) is 7.11 Å². The first-order chi connectivity index (χ1) is 11.4. The third-order valence-electron chi connectivity index (χ3n) is 3.97. The first kappa shape index (κ1) is 17.9. The van der Waals surface area contributed by atoms with Crippen LogP contribution in [-0.4, -0.2) is 31.1 Å². The van der Waals surface area contributed by atoms with Gasteiger partial charge in [-0.2, -0.15) is 0 Å². The lowest BCUT2D eigenvalue weighted by molar-refractivity contribution is -0.137. The Morgan fingerprint density at radius 3 is 2.54 bits per heavy atom. The van der Waals surface area contributed by atoms with Gasteiger partial charge < -0.3 is 14.4 Å². The number of methoxy groups -OCH3 is 1. The molecule has 2 aromatic carbocycles. The van der Waals surface area contributed by atoms with Gasteiger partial charge in [-0.3, -0.25) is 4.79 Å². The third-order valence-corrected chi connectivity index (χ3v) is 3.97. The van der Waals surface area contributed by atoms with Gasteiger partial charge in [0.15, 0.2) is 6.10 Å². The molecule has 0 aliphatic rings. The standard InChI is InChI=1S/C20H25NO3/c1-14-10-11-15(2)19(12-14)24-16(3)20(22)21(4)13-17-8-6-7-9-18(17)23-5/h6-12,16H,13H2,1-5H3. The molecule has 1 unspecified atom stereocenters. The molecular weight excluding hydrogens is 302 g/mol. The van der Waals surface area contributed by atoms with Crippen LogP contribution in [0.4, 0.5) is 0 Å². The van der Waals surface area contributed by atoms with Crippen LogP contribution >= 0.6 is 0 Å². The van der Waals surface area contributed by atoms with Crippen molar-refractivity contribution < 1.29 is 14.3 Å². The highest BCUT2D eigenvalue weighted by atomic mass is 16.5. The number of carbonyl (C=O) groups is 1. The lowest BCUT2D eigenvalue weighted by Crippen LogP contribution is -2.37. The molecule has 24 heavy (non-hydrogen) atoms. The molecule has 0 saturated carbocycles. The topological polar surface area (TPSA) is 38.8 Å². The van der Waals surface area contributed by atoms with Crippen molar-refractivity contribution in [3.63, 3.8) is 0 Å². The number of hydrogen-bond donors (Lipinski definition) is 0. The second-order valence-electron chi connectivity index (χ2n) is 6.04. The van der Waals surface area contributed by atoms with Crippen molar-refractivity contribution in [1.29, 1.82) is 0 Å². The molecule has 4 heteroatoms. The van der Waals surface area contributed by atoms with Gasteiger partial charge in [-0.05, 0) is 44.0 Å². The predicted octanol–water partition coefficient (Wildman–Crippen LogP) is 3.74. The molecule has 2 aromatic rings. The lowest BCUT2D eigenvalue weighted by atomic mass is 10.1. The van der Waals surface area contributed by atoms with Gasteiger partial charge >= 0.3 is 0 Å². The van der Waals surface area contributed by atoms with Crippen molar-refractivity contribution in [1.82, 2.24) is 4.90 Å². The van der Waals surface area contributed by atoms with Crippen LogP contribution in [0.1, 0.15) is 23.6 Å². The van der Waals surface area contributed by atoms with Crippen LogP contribution in [0.2, 0.25) is 0 Å². The molecule has 0 aliphatic carbocycles. The van der Waals surface area contributed by atoms with E-state index in [1.807, 2.05) is 56.3 Å². The zero-order chi connectivity index (χ0) is 17.7. The monoisotopic (exact) mass is 327 g/mol. The molecule has 1 atom stereocenters. The third kappa shape index (κ3) is 4.28. The summed E-state index contributed by atoms with van der Waals surface area (Å²) < 4.78 is 11.2. The maximum atomic E-state index is 12.6. The van der Waals surface area contributed by atoms with Crippen LogP contribution < -0.4 is 9.47 Å². The van der Waals surface area contributed by atoms with E-state index in [1.165, 1.54) is 0 Å². The Morgan fingerprint density at radius 1 is 1.12 bits per heavy atom. The molecule has 4 nitrogen and oxygen atoms in total. The molecule has 0 bridgehead atoms. The Balaban J connectivity index is 2.05. The normalized spacial score (nSPS) is 11.7. The van der Waals surface area contributed by atoms with Gasteiger partial charge in [0.25, 0.3) is 5.91 Å². The van der Waals surface area contributed by atoms with Crippen molar-refractivity contribution in [2.45, 2.75) is 33.4 Å². The highest BCUT2D eigenvalue weighted by Crippen LogP contribution is 2.22. The SMILES string of the molecule is COc1ccccc1CN(C)C(=O)C(C)Oc1cc(C)ccc1C. The molecule has 0 heterocycles. The Kier molecular flexibility index (Phi) is 5.85. The average Bonchev–Trinajstić information content (AvgIpc) is 2.57. The molecular formula is C20H25NO3. The number of ether oxygens (including phenoxy) is 2. The van der Waals surface area contributed by atoms with Crippen LogP contribution in [0, 0.1) is 13.8 Å². The van der Waals surface area contributed by atoms with Crippen molar-refractivity contribution >= 4 is 5.91 Å². The largest absolute Gasteiger partial charge is 0.496 e. The number of carbonyl (C=O) groups excluding carboxylic acids is 1. The van der Waals surface area contributed by atoms with E-state index in [4.69, 9.17) is 9.47 Å². The second kappa shape index (κ2) is 7.86. The fourth-order valence-corrected chi connectivity index (χ4v) is 2.55. The van der Waals surface area contributed by atoms with Gasteiger partial charge in [-0.25, -0.2) is 0 Å². The predicted molar refractivity (Wildman–Crippen MR) is 95.5 cm³/mol. The van der Waals surface area contributed by atoms with Crippen LogP contribution in [0.3, 0.4) is 0 Å². The molecule has 0 aromatic heterocycles. The minimum absolute atomic E-state index is 0.0678. The zero-order valence-electron chi connectivity index (χ0n) is 15.0. The highest BCUT2D eigenvalue weighted by molar-refractivity contribution is 5.80. The molecule has 0 radical (unpaired) electrons. The first-order valence-electron chi connectivity index (χ1n) is 8.03. The van der Waals surface area contributed by atoms with Crippen LogP contribution in [0.5, 0.6) is 11.5 Å². The van der Waals surface area contributed by atoms with E-state index in [9.17, 15) is 4.79 Å². The van der Waals surface area contributed by atoms with Crippen molar-refractivity contribution in [3.8, 4) is 11.5 Å². The zero-order valence-corrected chi connectivity index (χ0v) is 15.0. The summed E-state index contributed by atoms with van der Waals surface area (Å²) in [7, 11) is 3.41. The van der Waals surface area contributed by atoms with Gasteiger partial charge in [0, 0.05) is 19.2 Å². The fourth-order valence-electron chi connectivity index (χ4n) is 2.55. The molecule has 1 amide bonds. The van der Waals surface area contributed by atoms with Crippen molar-refractivity contribution in [2.24, 2.45) is 0 Å². The molecule has 128 valence electrons. The molecule has 0 fully saturated rings. The summed E-state index contributed by atoms with van der Waals surface area (Å²) in [6, 6.07) is 13.7. The molecule has 0 saturated heterocycles. The molecule has 0 N–H and O–H groups in total. The number of likely N-dealkylation sites (N-methyl/N-ethyl adjacent to an activating group) is 1. The van der Waals surface area contributed by atoms with Crippen LogP contribution in [0.15, 0.2) is 42.5 Å². The maximum absolute atomic E-state index is 12.6. The Morgan fingerprint density at radius 2 is 1.83 bits per heavy atom. The number of para-hydroxylation sites is 1. The van der Waals surface area contributed by atoms with Gasteiger partial charge in [0.2, 0.25) is 0 Å². The van der Waals surface area contributed by atoms with Crippen LogP contribution in [0.25, 0.3) is 0 Å². The molecule has 0 spiro atoms. The fraction of sp³-hybridized carbons (Fsp3) is 0.350. The summed E-state index contributed by atoms with van der Waals surface area (Å²) in [5, 5.41) is 0. The summed E-state index contributed by atoms with van der Waals surface area (Å²) in [5.74, 6) is 1.46. The van der Waals surface area contributed by atoms with Gasteiger partial charge in [-0.15, -0.1) is 0 Å². The minimum atomic E-state index is -0.551. The summed E-state index contributed by atoms with van der Waals surface area (Å²) in [6.07, 6.45) is -0.551. The number of hydrogen-bond acceptors (Lipinski definition) is 3. The van der Waals surface area contributed by atoms with E-state index < -0.39 is 6.10 Å². The molecule has 0 aliphatic heterocycles. The van der Waals surface area contributed by atoms with E-state index in [0.29, 0.717) is 6.54 Å². The summed E-state index contributed by atoms with van der Waals surface area (Å²) >= 11 is 0. The number of aryl methyl sites for hydroxylation is 2. The first-order valence-corrected chi connectivity index (χ1v) is 8.03. The summed E-state index contributed by atoms with van der Waals surface area (Å²) in [4.78, 5) is 14.3. The number of nitrogens with zero attached hydrogens (tertiary/aromatic N) is 1. The number of rotatable bonds is 6. The van der Waals surface area contributed by atoms with E-state index in [1.54, 1.807) is 26.0 Å². The highest BCUT2D eigenvalue weighted by Gasteiger charge is 2.21. The van der Waals surface area contributed by atoms with Crippen LogP contribution in [-0.2, 0) is 11.3 Å². The molecule has 2 rings (SSSR count). The van der Waals surface area contributed by atoms with Crippen molar-refractivity contribution in [2.75, 3.05) is 14.2 Å². The minimum Gasteiger partial charge on any atom is -0.496 e. The smallest absolute Gasteiger partial charge is 0.263 e. The van der Waals surface area contributed by atoms with Gasteiger partial charge in [0.1, 0.15) is 11.5 Å². The van der Waals surface area contributed by atoms with E-state index >= 15 is 0 Å². The Bertz CT molecular complexity index is 712. The number of amides is 1.